The van der Waals surface area contributed by atoms with Gasteiger partial charge in [-0.3, -0.25) is 0 Å². The molecule has 0 radical (unpaired) electrons. The van der Waals surface area contributed by atoms with Crippen molar-refractivity contribution in [3.63, 3.8) is 0 Å². The molecule has 0 bridgehead atoms. The van der Waals surface area contributed by atoms with Gasteiger partial charge in [0.2, 0.25) is 0 Å². The number of hydrogen-bond donors (Lipinski definition) is 1. The molecule has 1 aromatic rings. The third-order valence-corrected chi connectivity index (χ3v) is 1.71. The molecule has 0 unspecified atom stereocenters. The van der Waals surface area contributed by atoms with Crippen LogP contribution in [0.15, 0.2) is 18.7 Å². The Bertz CT molecular complexity index is 368. The smallest absolute Gasteiger partial charge is 0.396 e. The van der Waals surface area contributed by atoms with E-state index in [1.807, 2.05) is 0 Å². The van der Waals surface area contributed by atoms with Gasteiger partial charge in [-0.05, 0) is 11.6 Å². The number of nitrogen functional groups attached to an aromatic ring is 1. The Morgan fingerprint density at radius 1 is 1.29 bits per heavy atom. The van der Waals surface area contributed by atoms with Crippen LogP contribution in [0.2, 0.25) is 0 Å². The van der Waals surface area contributed by atoms with Crippen LogP contribution in [-0.2, 0) is 6.18 Å². The van der Waals surface area contributed by atoms with Gasteiger partial charge in [0.25, 0.3) is 0 Å². The molecule has 0 atom stereocenters. The monoisotopic (exact) mass is 205 g/mol. The van der Waals surface area contributed by atoms with Gasteiger partial charge < -0.3 is 5.73 Å². The molecule has 1 nitrogen and oxygen atoms in total. The zero-order valence-electron chi connectivity index (χ0n) is 7.03. The van der Waals surface area contributed by atoms with E-state index in [9.17, 15) is 17.6 Å². The van der Waals surface area contributed by atoms with E-state index < -0.39 is 23.2 Å². The summed E-state index contributed by atoms with van der Waals surface area (Å²) in [5, 5.41) is 0. The predicted molar refractivity (Wildman–Crippen MR) is 45.9 cm³/mol. The molecule has 0 fully saturated rings. The van der Waals surface area contributed by atoms with Crippen molar-refractivity contribution in [3.8, 4) is 0 Å². The largest absolute Gasteiger partial charge is 0.419 e. The molecule has 1 rings (SSSR count). The van der Waals surface area contributed by atoms with Crippen molar-refractivity contribution in [2.24, 2.45) is 0 Å². The summed E-state index contributed by atoms with van der Waals surface area (Å²) < 4.78 is 50.1. The summed E-state index contributed by atoms with van der Waals surface area (Å²) in [5.74, 6) is -1.45. The third-order valence-electron chi connectivity index (χ3n) is 1.71. The summed E-state index contributed by atoms with van der Waals surface area (Å²) >= 11 is 0. The summed E-state index contributed by atoms with van der Waals surface area (Å²) in [5.41, 5.74) is 2.82. The Balaban J connectivity index is 3.51. The van der Waals surface area contributed by atoms with Crippen LogP contribution >= 0.6 is 0 Å². The molecule has 0 aromatic heterocycles. The van der Waals surface area contributed by atoms with Crippen molar-refractivity contribution in [1.82, 2.24) is 0 Å². The lowest BCUT2D eigenvalue weighted by atomic mass is 10.1. The molecule has 0 saturated heterocycles. The molecule has 0 heterocycles. The molecular weight excluding hydrogens is 198 g/mol. The summed E-state index contributed by atoms with van der Waals surface area (Å²) in [6.45, 7) is 3.17. The van der Waals surface area contributed by atoms with Gasteiger partial charge in [0.1, 0.15) is 5.56 Å². The molecule has 5 heteroatoms. The maximum Gasteiger partial charge on any atom is 0.419 e. The highest BCUT2D eigenvalue weighted by Gasteiger charge is 2.36. The summed E-state index contributed by atoms with van der Waals surface area (Å²) in [7, 11) is 0. The first-order chi connectivity index (χ1) is 6.38. The zero-order chi connectivity index (χ0) is 10.9. The van der Waals surface area contributed by atoms with Gasteiger partial charge in [-0.25, -0.2) is 4.39 Å². The molecule has 0 aliphatic rings. The van der Waals surface area contributed by atoms with Crippen molar-refractivity contribution in [2.75, 3.05) is 5.73 Å². The Morgan fingerprint density at radius 2 is 1.86 bits per heavy atom. The van der Waals surface area contributed by atoms with Gasteiger partial charge in [0, 0.05) is 0 Å². The number of nitrogens with two attached hydrogens (primary N) is 1. The fourth-order valence-electron chi connectivity index (χ4n) is 1.07. The normalized spacial score (nSPS) is 11.4. The second kappa shape index (κ2) is 3.32. The lowest BCUT2D eigenvalue weighted by molar-refractivity contribution is -0.140. The van der Waals surface area contributed by atoms with Gasteiger partial charge in [0.15, 0.2) is 5.82 Å². The number of alkyl halides is 3. The van der Waals surface area contributed by atoms with Crippen molar-refractivity contribution in [2.45, 2.75) is 6.18 Å². The predicted octanol–water partition coefficient (Wildman–Crippen LogP) is 3.07. The standard InChI is InChI=1S/C9H7F4N/c1-2-5-3-4-6(14)8(10)7(5)9(11,12)13/h2-4H,1,14H2. The maximum absolute atomic E-state index is 13.1. The minimum absolute atomic E-state index is 0.316. The van der Waals surface area contributed by atoms with Crippen LogP contribution in [0.1, 0.15) is 11.1 Å². The quantitative estimate of drug-likeness (QED) is 0.553. The first-order valence-electron chi connectivity index (χ1n) is 3.65. The molecule has 0 aliphatic heterocycles. The van der Waals surface area contributed by atoms with E-state index in [0.717, 1.165) is 18.2 Å². The highest BCUT2D eigenvalue weighted by atomic mass is 19.4. The molecule has 0 saturated carbocycles. The van der Waals surface area contributed by atoms with Crippen LogP contribution in [-0.4, -0.2) is 0 Å². The fraction of sp³-hybridized carbons (Fsp3) is 0.111. The summed E-state index contributed by atoms with van der Waals surface area (Å²) in [6, 6.07) is 2.15. The molecule has 1 aromatic carbocycles. The van der Waals surface area contributed by atoms with Gasteiger partial charge in [-0.1, -0.05) is 18.7 Å². The molecule has 76 valence electrons. The van der Waals surface area contributed by atoms with Crippen molar-refractivity contribution < 1.29 is 17.6 Å². The van der Waals surface area contributed by atoms with Crippen LogP contribution in [0.3, 0.4) is 0 Å². The summed E-state index contributed by atoms with van der Waals surface area (Å²) in [6.07, 6.45) is -3.83. The maximum atomic E-state index is 13.1. The van der Waals surface area contributed by atoms with Crippen LogP contribution in [0, 0.1) is 5.82 Å². The van der Waals surface area contributed by atoms with E-state index in [4.69, 9.17) is 5.73 Å². The number of rotatable bonds is 1. The summed E-state index contributed by atoms with van der Waals surface area (Å²) in [4.78, 5) is 0. The molecule has 0 spiro atoms. The molecule has 14 heavy (non-hydrogen) atoms. The van der Waals surface area contributed by atoms with E-state index in [2.05, 4.69) is 6.58 Å². The molecule has 0 aliphatic carbocycles. The average molecular weight is 205 g/mol. The highest BCUT2D eigenvalue weighted by molar-refractivity contribution is 5.59. The Kier molecular flexibility index (Phi) is 2.51. The van der Waals surface area contributed by atoms with E-state index in [1.54, 1.807) is 0 Å². The molecular formula is C9H7F4N. The number of benzene rings is 1. The van der Waals surface area contributed by atoms with Crippen molar-refractivity contribution in [1.29, 1.82) is 0 Å². The van der Waals surface area contributed by atoms with Crippen molar-refractivity contribution >= 4 is 11.8 Å². The van der Waals surface area contributed by atoms with Crippen LogP contribution in [0.25, 0.3) is 6.08 Å². The van der Waals surface area contributed by atoms with E-state index in [0.29, 0.717) is 0 Å². The number of halogens is 4. The Hall–Kier alpha value is -1.52. The second-order valence-corrected chi connectivity index (χ2v) is 2.63. The van der Waals surface area contributed by atoms with E-state index in [1.165, 1.54) is 0 Å². The first kappa shape index (κ1) is 10.6. The lowest BCUT2D eigenvalue weighted by Crippen LogP contribution is -2.12. The highest BCUT2D eigenvalue weighted by Crippen LogP contribution is 2.36. The fourth-order valence-corrected chi connectivity index (χ4v) is 1.07. The SMILES string of the molecule is C=Cc1ccc(N)c(F)c1C(F)(F)F. The average Bonchev–Trinajstić information content (AvgIpc) is 2.07. The molecule has 2 N–H and O–H groups in total. The molecule has 0 amide bonds. The van der Waals surface area contributed by atoms with Crippen molar-refractivity contribution in [3.05, 3.63) is 35.7 Å². The van der Waals surface area contributed by atoms with Gasteiger partial charge in [-0.15, -0.1) is 0 Å². The zero-order valence-corrected chi connectivity index (χ0v) is 7.03. The van der Waals surface area contributed by atoms with E-state index >= 15 is 0 Å². The topological polar surface area (TPSA) is 26.0 Å². The Labute approximate surface area is 77.8 Å². The van der Waals surface area contributed by atoms with Crippen LogP contribution < -0.4 is 5.73 Å². The van der Waals surface area contributed by atoms with Crippen LogP contribution in [0.5, 0.6) is 0 Å². The third kappa shape index (κ3) is 1.71. The van der Waals surface area contributed by atoms with E-state index in [-0.39, 0.29) is 5.56 Å². The lowest BCUT2D eigenvalue weighted by Gasteiger charge is -2.12. The van der Waals surface area contributed by atoms with Gasteiger partial charge in [0.05, 0.1) is 5.69 Å². The van der Waals surface area contributed by atoms with Gasteiger partial charge >= 0.3 is 6.18 Å². The second-order valence-electron chi connectivity index (χ2n) is 2.63. The minimum Gasteiger partial charge on any atom is -0.396 e. The Morgan fingerprint density at radius 3 is 2.29 bits per heavy atom. The number of anilines is 1. The van der Waals surface area contributed by atoms with Crippen LogP contribution in [0.4, 0.5) is 23.2 Å². The minimum atomic E-state index is -4.76. The number of hydrogen-bond acceptors (Lipinski definition) is 1. The first-order valence-corrected chi connectivity index (χ1v) is 3.65. The van der Waals surface area contributed by atoms with Gasteiger partial charge in [-0.2, -0.15) is 13.2 Å².